The summed E-state index contributed by atoms with van der Waals surface area (Å²) < 4.78 is 6.20. The lowest BCUT2D eigenvalue weighted by Crippen LogP contribution is -2.07. The van der Waals surface area contributed by atoms with E-state index >= 15 is 0 Å². The third-order valence-electron chi connectivity index (χ3n) is 7.36. The number of aromatic nitrogens is 9. The van der Waals surface area contributed by atoms with E-state index in [1.54, 1.807) is 9.59 Å². The predicted molar refractivity (Wildman–Crippen MR) is 172 cm³/mol. The number of hydrogen-bond donors (Lipinski definition) is 0. The Morgan fingerprint density at radius 3 is 1.33 bits per heavy atom. The topological polar surface area (TPSA) is 109 Å². The summed E-state index contributed by atoms with van der Waals surface area (Å²) in [6, 6.07) is 37.1. The molecular formula is C35H25N9O. The number of ether oxygens (including phenoxy) is 1. The van der Waals surface area contributed by atoms with Crippen molar-refractivity contribution in [3.05, 3.63) is 126 Å². The van der Waals surface area contributed by atoms with Gasteiger partial charge in [-0.1, -0.05) is 54.6 Å². The Bertz CT molecular complexity index is 2140. The van der Waals surface area contributed by atoms with Crippen molar-refractivity contribution in [2.75, 3.05) is 0 Å². The van der Waals surface area contributed by atoms with Gasteiger partial charge in [0.25, 0.3) is 0 Å². The Morgan fingerprint density at radius 1 is 0.467 bits per heavy atom. The van der Waals surface area contributed by atoms with Crippen LogP contribution in [-0.4, -0.2) is 44.9 Å². The number of benzene rings is 5. The minimum Gasteiger partial charge on any atom is -0.424 e. The SMILES string of the molecule is Cc1ccc(-c2nc(Oc3ccccc3)nc(-c3ccc(C)cc3-n3nc4ccccc4n3)n2)c(-n2nc3ccccc3n2)c1. The number of nitrogens with zero attached hydrogens (tertiary/aromatic N) is 9. The van der Waals surface area contributed by atoms with Gasteiger partial charge in [0.05, 0.1) is 11.4 Å². The molecule has 216 valence electrons. The second-order valence-electron chi connectivity index (χ2n) is 10.7. The van der Waals surface area contributed by atoms with Gasteiger partial charge in [0.1, 0.15) is 27.8 Å². The van der Waals surface area contributed by atoms with Gasteiger partial charge in [-0.2, -0.15) is 9.97 Å². The highest BCUT2D eigenvalue weighted by atomic mass is 16.5. The van der Waals surface area contributed by atoms with Gasteiger partial charge < -0.3 is 4.74 Å². The Kier molecular flexibility index (Phi) is 6.30. The molecule has 5 aromatic carbocycles. The zero-order valence-electron chi connectivity index (χ0n) is 24.4. The van der Waals surface area contributed by atoms with Gasteiger partial charge in [-0.3, -0.25) is 0 Å². The summed E-state index contributed by atoms with van der Waals surface area (Å²) in [5.74, 6) is 1.42. The average molecular weight is 588 g/mol. The highest BCUT2D eigenvalue weighted by Gasteiger charge is 2.20. The van der Waals surface area contributed by atoms with Crippen molar-refractivity contribution in [1.82, 2.24) is 44.9 Å². The van der Waals surface area contributed by atoms with Gasteiger partial charge in [0.15, 0.2) is 11.6 Å². The molecule has 3 aromatic heterocycles. The zero-order chi connectivity index (χ0) is 30.3. The van der Waals surface area contributed by atoms with Gasteiger partial charge in [-0.25, -0.2) is 4.98 Å². The van der Waals surface area contributed by atoms with Crippen molar-refractivity contribution < 1.29 is 4.74 Å². The van der Waals surface area contributed by atoms with Crippen LogP contribution in [0.5, 0.6) is 11.8 Å². The maximum atomic E-state index is 6.20. The van der Waals surface area contributed by atoms with Crippen LogP contribution in [0.4, 0.5) is 0 Å². The lowest BCUT2D eigenvalue weighted by atomic mass is 10.1. The quantitative estimate of drug-likeness (QED) is 0.203. The first-order chi connectivity index (χ1) is 22.1. The normalized spacial score (nSPS) is 11.3. The van der Waals surface area contributed by atoms with E-state index in [-0.39, 0.29) is 6.01 Å². The molecule has 0 saturated carbocycles. The van der Waals surface area contributed by atoms with Crippen LogP contribution >= 0.6 is 0 Å². The zero-order valence-corrected chi connectivity index (χ0v) is 24.4. The van der Waals surface area contributed by atoms with Crippen LogP contribution in [0.3, 0.4) is 0 Å². The molecular weight excluding hydrogens is 562 g/mol. The van der Waals surface area contributed by atoms with Crippen LogP contribution in [0.2, 0.25) is 0 Å². The maximum absolute atomic E-state index is 6.20. The van der Waals surface area contributed by atoms with Crippen molar-refractivity contribution >= 4 is 22.1 Å². The second-order valence-corrected chi connectivity index (χ2v) is 10.7. The molecule has 0 aliphatic carbocycles. The van der Waals surface area contributed by atoms with Crippen LogP contribution in [0, 0.1) is 13.8 Å². The number of hydrogen-bond acceptors (Lipinski definition) is 8. The number of aryl methyl sites for hydroxylation is 2. The molecule has 3 heterocycles. The number of para-hydroxylation sites is 1. The third kappa shape index (κ3) is 5.04. The summed E-state index contributed by atoms with van der Waals surface area (Å²) in [5.41, 5.74) is 8.16. The molecule has 0 N–H and O–H groups in total. The third-order valence-corrected chi connectivity index (χ3v) is 7.36. The Hall–Kier alpha value is -6.29. The average Bonchev–Trinajstić information content (AvgIpc) is 3.70. The van der Waals surface area contributed by atoms with Gasteiger partial charge in [-0.15, -0.1) is 30.0 Å². The molecule has 0 atom stereocenters. The van der Waals surface area contributed by atoms with E-state index in [9.17, 15) is 0 Å². The molecule has 0 bridgehead atoms. The minimum atomic E-state index is 0.149. The van der Waals surface area contributed by atoms with E-state index < -0.39 is 0 Å². The molecule has 0 radical (unpaired) electrons. The Balaban J connectivity index is 1.34. The summed E-state index contributed by atoms with van der Waals surface area (Å²) in [6.07, 6.45) is 0. The monoisotopic (exact) mass is 587 g/mol. The number of fused-ring (bicyclic) bond motifs is 2. The smallest absolute Gasteiger partial charge is 0.326 e. The van der Waals surface area contributed by atoms with Crippen molar-refractivity contribution in [2.24, 2.45) is 0 Å². The van der Waals surface area contributed by atoms with E-state index in [0.717, 1.165) is 55.7 Å². The Labute approximate surface area is 257 Å². The standard InChI is InChI=1S/C35H25N9O/c1-22-16-18-25(31(20-22)43-39-27-12-6-7-13-28(27)40-43)33-36-34(38-35(37-33)45-24-10-4-3-5-11-24)26-19-17-23(2)21-32(26)44-41-29-14-8-9-15-30(29)42-44/h3-21H,1-2H3. The fraction of sp³-hybridized carbons (Fsp3) is 0.0571. The molecule has 0 amide bonds. The summed E-state index contributed by atoms with van der Waals surface area (Å²) in [6.45, 7) is 4.05. The van der Waals surface area contributed by atoms with Crippen molar-refractivity contribution in [3.8, 4) is 45.9 Å². The summed E-state index contributed by atoms with van der Waals surface area (Å²) >= 11 is 0. The predicted octanol–water partition coefficient (Wildman–Crippen LogP) is 7.08. The molecule has 0 unspecified atom stereocenters. The first kappa shape index (κ1) is 26.3. The first-order valence-corrected chi connectivity index (χ1v) is 14.4. The fourth-order valence-corrected chi connectivity index (χ4v) is 5.16. The molecule has 8 rings (SSSR count). The Morgan fingerprint density at radius 2 is 0.889 bits per heavy atom. The summed E-state index contributed by atoms with van der Waals surface area (Å²) in [7, 11) is 0. The largest absolute Gasteiger partial charge is 0.424 e. The van der Waals surface area contributed by atoms with Crippen LogP contribution < -0.4 is 4.74 Å². The molecule has 10 nitrogen and oxygen atoms in total. The van der Waals surface area contributed by atoms with Crippen molar-refractivity contribution in [2.45, 2.75) is 13.8 Å². The van der Waals surface area contributed by atoms with Gasteiger partial charge in [0, 0.05) is 11.1 Å². The van der Waals surface area contributed by atoms with Gasteiger partial charge in [0.2, 0.25) is 0 Å². The van der Waals surface area contributed by atoms with Gasteiger partial charge >= 0.3 is 6.01 Å². The first-order valence-electron chi connectivity index (χ1n) is 14.4. The van der Waals surface area contributed by atoms with Gasteiger partial charge in [-0.05, 0) is 85.6 Å². The van der Waals surface area contributed by atoms with Crippen molar-refractivity contribution in [1.29, 1.82) is 0 Å². The highest BCUT2D eigenvalue weighted by molar-refractivity contribution is 5.77. The van der Waals surface area contributed by atoms with E-state index in [1.807, 2.05) is 129 Å². The molecule has 0 fully saturated rings. The van der Waals surface area contributed by atoms with Crippen LogP contribution in [0.1, 0.15) is 11.1 Å². The van der Waals surface area contributed by atoms with E-state index in [4.69, 9.17) is 40.1 Å². The molecule has 10 heteroatoms. The second kappa shape index (κ2) is 10.8. The van der Waals surface area contributed by atoms with E-state index in [1.165, 1.54) is 0 Å². The lowest BCUT2D eigenvalue weighted by Gasteiger charge is -2.13. The molecule has 8 aromatic rings. The van der Waals surface area contributed by atoms with Crippen molar-refractivity contribution in [3.63, 3.8) is 0 Å². The van der Waals surface area contributed by atoms with E-state index in [0.29, 0.717) is 17.4 Å². The molecule has 0 saturated heterocycles. The molecule has 0 aliphatic heterocycles. The van der Waals surface area contributed by atoms with Crippen LogP contribution in [-0.2, 0) is 0 Å². The minimum absolute atomic E-state index is 0.149. The van der Waals surface area contributed by atoms with E-state index in [2.05, 4.69) is 0 Å². The number of rotatable bonds is 6. The van der Waals surface area contributed by atoms with Crippen LogP contribution in [0.25, 0.3) is 56.2 Å². The summed E-state index contributed by atoms with van der Waals surface area (Å²) in [4.78, 5) is 17.9. The lowest BCUT2D eigenvalue weighted by molar-refractivity contribution is 0.441. The fourth-order valence-electron chi connectivity index (χ4n) is 5.16. The van der Waals surface area contributed by atoms with Crippen LogP contribution in [0.15, 0.2) is 115 Å². The molecule has 0 spiro atoms. The maximum Gasteiger partial charge on any atom is 0.326 e. The summed E-state index contributed by atoms with van der Waals surface area (Å²) in [5, 5.41) is 19.0. The molecule has 0 aliphatic rings. The highest BCUT2D eigenvalue weighted by Crippen LogP contribution is 2.32. The molecule has 45 heavy (non-hydrogen) atoms.